The summed E-state index contributed by atoms with van der Waals surface area (Å²) in [4.78, 5) is 3.25. The molecule has 0 atom stereocenters. The van der Waals surface area contributed by atoms with E-state index in [0.29, 0.717) is 19.0 Å². The number of nitrogens with one attached hydrogen (secondary N) is 1. The van der Waals surface area contributed by atoms with E-state index in [2.05, 4.69) is 10.3 Å². The molecule has 0 aliphatic carbocycles. The summed E-state index contributed by atoms with van der Waals surface area (Å²) >= 11 is 0. The van der Waals surface area contributed by atoms with Gasteiger partial charge < -0.3 is 15.8 Å². The van der Waals surface area contributed by atoms with Crippen molar-refractivity contribution in [1.29, 1.82) is 0 Å². The first-order chi connectivity index (χ1) is 11.2. The number of benzene rings is 1. The molecule has 11 heteroatoms. The van der Waals surface area contributed by atoms with Crippen molar-refractivity contribution in [2.75, 3.05) is 19.7 Å². The van der Waals surface area contributed by atoms with Crippen molar-refractivity contribution in [3.8, 4) is 5.75 Å². The first-order valence-corrected chi connectivity index (χ1v) is 8.75. The largest absolute Gasteiger partial charge is 0.501 e. The summed E-state index contributed by atoms with van der Waals surface area (Å²) in [6.07, 6.45) is 1.95. The van der Waals surface area contributed by atoms with Gasteiger partial charge in [0.25, 0.3) is 9.84 Å². The molecule has 0 aliphatic heterocycles. The van der Waals surface area contributed by atoms with Crippen LogP contribution >= 0.6 is 24.0 Å². The number of sulfone groups is 1. The number of hydrogen-bond acceptors (Lipinski definition) is 4. The number of aliphatic imine (C=N–C) groups is 1. The molecule has 25 heavy (non-hydrogen) atoms. The molecule has 0 aliphatic rings. The van der Waals surface area contributed by atoms with Gasteiger partial charge in [-0.15, -0.1) is 24.0 Å². The van der Waals surface area contributed by atoms with Gasteiger partial charge >= 0.3 is 5.51 Å². The van der Waals surface area contributed by atoms with Gasteiger partial charge in [-0.1, -0.05) is 13.3 Å². The third-order valence-corrected chi connectivity index (χ3v) is 4.41. The molecule has 0 unspecified atom stereocenters. The molecule has 1 rings (SSSR count). The number of unbranched alkanes of at least 4 members (excludes halogenated alkanes) is 1. The SMILES string of the molecule is CCCCN=C(N)NCCOc1ccc(S(=O)(=O)C(F)(F)F)cc1.I. The lowest BCUT2D eigenvalue weighted by molar-refractivity contribution is -0.0436. The van der Waals surface area contributed by atoms with Crippen LogP contribution in [-0.2, 0) is 9.84 Å². The van der Waals surface area contributed by atoms with Crippen molar-refractivity contribution in [3.05, 3.63) is 24.3 Å². The van der Waals surface area contributed by atoms with Crippen LogP contribution in [0.25, 0.3) is 0 Å². The second-order valence-corrected chi connectivity index (χ2v) is 6.76. The van der Waals surface area contributed by atoms with E-state index in [1.54, 1.807) is 0 Å². The summed E-state index contributed by atoms with van der Waals surface area (Å²) in [5.41, 5.74) is 0.287. The lowest BCUT2D eigenvalue weighted by Gasteiger charge is -2.10. The van der Waals surface area contributed by atoms with Crippen LogP contribution in [0, 0.1) is 0 Å². The number of hydrogen-bond donors (Lipinski definition) is 2. The van der Waals surface area contributed by atoms with Crippen molar-refractivity contribution >= 4 is 39.8 Å². The van der Waals surface area contributed by atoms with Crippen molar-refractivity contribution in [2.24, 2.45) is 10.7 Å². The van der Waals surface area contributed by atoms with Gasteiger partial charge in [-0.3, -0.25) is 4.99 Å². The van der Waals surface area contributed by atoms with Crippen molar-refractivity contribution in [2.45, 2.75) is 30.2 Å². The number of alkyl halides is 3. The maximum absolute atomic E-state index is 12.4. The van der Waals surface area contributed by atoms with Gasteiger partial charge in [-0.2, -0.15) is 13.2 Å². The lowest BCUT2D eigenvalue weighted by atomic mass is 10.3. The van der Waals surface area contributed by atoms with Crippen LogP contribution in [0.1, 0.15) is 19.8 Å². The van der Waals surface area contributed by atoms with E-state index in [1.807, 2.05) is 6.92 Å². The molecule has 0 saturated heterocycles. The minimum Gasteiger partial charge on any atom is -0.492 e. The van der Waals surface area contributed by atoms with E-state index in [1.165, 1.54) is 0 Å². The molecule has 0 heterocycles. The molecule has 144 valence electrons. The Bertz CT molecular complexity index is 650. The Hall–Kier alpha value is -1.24. The fourth-order valence-corrected chi connectivity index (χ4v) is 2.37. The molecule has 1 aromatic carbocycles. The van der Waals surface area contributed by atoms with Crippen molar-refractivity contribution in [3.63, 3.8) is 0 Å². The number of nitrogens with two attached hydrogens (primary N) is 1. The zero-order valence-electron chi connectivity index (χ0n) is 13.5. The summed E-state index contributed by atoms with van der Waals surface area (Å²) in [6, 6.07) is 4.03. The summed E-state index contributed by atoms with van der Waals surface area (Å²) in [6.45, 7) is 3.21. The van der Waals surface area contributed by atoms with Crippen LogP contribution in [-0.4, -0.2) is 39.6 Å². The van der Waals surface area contributed by atoms with Gasteiger partial charge in [0.05, 0.1) is 11.4 Å². The Morgan fingerprint density at radius 2 is 1.88 bits per heavy atom. The number of guanidine groups is 1. The molecule has 0 fully saturated rings. The standard InChI is InChI=1S/C14H20F3N3O3S.HI/c1-2-3-8-19-13(18)20-9-10-23-11-4-6-12(7-5-11)24(21,22)14(15,16)17;/h4-7H,2-3,8-10H2,1H3,(H3,18,19,20);1H. The van der Waals surface area contributed by atoms with E-state index in [-0.39, 0.29) is 36.3 Å². The number of nitrogens with zero attached hydrogens (tertiary/aromatic N) is 1. The highest BCUT2D eigenvalue weighted by Crippen LogP contribution is 2.30. The fourth-order valence-electron chi connectivity index (χ4n) is 1.61. The van der Waals surface area contributed by atoms with Gasteiger partial charge in [0, 0.05) is 6.54 Å². The third kappa shape index (κ3) is 7.67. The van der Waals surface area contributed by atoms with Crippen LogP contribution in [0.15, 0.2) is 34.2 Å². The monoisotopic (exact) mass is 495 g/mol. The summed E-state index contributed by atoms with van der Waals surface area (Å²) < 4.78 is 64.9. The number of ether oxygens (including phenoxy) is 1. The van der Waals surface area contributed by atoms with E-state index in [0.717, 1.165) is 37.1 Å². The van der Waals surface area contributed by atoms with E-state index >= 15 is 0 Å². The number of halogens is 4. The predicted molar refractivity (Wildman–Crippen MR) is 100.0 cm³/mol. The second kappa shape index (κ2) is 10.7. The molecular weight excluding hydrogens is 474 g/mol. The van der Waals surface area contributed by atoms with Crippen LogP contribution < -0.4 is 15.8 Å². The zero-order valence-corrected chi connectivity index (χ0v) is 16.7. The third-order valence-electron chi connectivity index (χ3n) is 2.91. The van der Waals surface area contributed by atoms with Crippen molar-refractivity contribution < 1.29 is 26.3 Å². The minimum atomic E-state index is -5.34. The maximum Gasteiger partial charge on any atom is 0.501 e. The molecule has 0 radical (unpaired) electrons. The van der Waals surface area contributed by atoms with Gasteiger partial charge in [-0.05, 0) is 30.7 Å². The Labute approximate surface area is 162 Å². The Morgan fingerprint density at radius 3 is 2.40 bits per heavy atom. The van der Waals surface area contributed by atoms with Crippen LogP contribution in [0.4, 0.5) is 13.2 Å². The van der Waals surface area contributed by atoms with Crippen LogP contribution in [0.3, 0.4) is 0 Å². The summed E-state index contributed by atoms with van der Waals surface area (Å²) in [7, 11) is -5.34. The van der Waals surface area contributed by atoms with Crippen molar-refractivity contribution in [1.82, 2.24) is 5.32 Å². The molecule has 3 N–H and O–H groups in total. The van der Waals surface area contributed by atoms with Gasteiger partial charge in [-0.25, -0.2) is 8.42 Å². The molecule has 6 nitrogen and oxygen atoms in total. The topological polar surface area (TPSA) is 93.8 Å². The summed E-state index contributed by atoms with van der Waals surface area (Å²) in [5.74, 6) is 0.540. The average Bonchev–Trinajstić information content (AvgIpc) is 2.51. The normalized spacial score (nSPS) is 12.4. The Kier molecular flexibility index (Phi) is 10.2. The minimum absolute atomic E-state index is 0. The zero-order chi connectivity index (χ0) is 18.2. The first kappa shape index (κ1) is 23.8. The molecule has 0 amide bonds. The Balaban J connectivity index is 0.00000576. The van der Waals surface area contributed by atoms with E-state index < -0.39 is 20.2 Å². The predicted octanol–water partition coefficient (Wildman–Crippen LogP) is 2.68. The quantitative estimate of drug-likeness (QED) is 0.251. The first-order valence-electron chi connectivity index (χ1n) is 7.26. The van der Waals surface area contributed by atoms with E-state index in [9.17, 15) is 21.6 Å². The van der Waals surface area contributed by atoms with Gasteiger partial charge in [0.1, 0.15) is 12.4 Å². The van der Waals surface area contributed by atoms with Gasteiger partial charge in [0.2, 0.25) is 0 Å². The highest BCUT2D eigenvalue weighted by Gasteiger charge is 2.46. The molecule has 0 bridgehead atoms. The molecular formula is C14H21F3IN3O3S. The fraction of sp³-hybridized carbons (Fsp3) is 0.500. The van der Waals surface area contributed by atoms with Crippen LogP contribution in [0.5, 0.6) is 5.75 Å². The summed E-state index contributed by atoms with van der Waals surface area (Å²) in [5, 5.41) is 2.83. The molecule has 1 aromatic rings. The van der Waals surface area contributed by atoms with E-state index in [4.69, 9.17) is 10.5 Å². The Morgan fingerprint density at radius 1 is 1.28 bits per heavy atom. The average molecular weight is 495 g/mol. The maximum atomic E-state index is 12.4. The highest BCUT2D eigenvalue weighted by molar-refractivity contribution is 14.0. The highest BCUT2D eigenvalue weighted by atomic mass is 127. The molecule has 0 spiro atoms. The lowest BCUT2D eigenvalue weighted by Crippen LogP contribution is -2.34. The molecule has 0 saturated carbocycles. The second-order valence-electron chi connectivity index (χ2n) is 4.82. The smallest absolute Gasteiger partial charge is 0.492 e. The van der Waals surface area contributed by atoms with Gasteiger partial charge in [0.15, 0.2) is 5.96 Å². The molecule has 0 aromatic heterocycles. The number of rotatable bonds is 8. The van der Waals surface area contributed by atoms with Crippen LogP contribution in [0.2, 0.25) is 0 Å².